The largest absolute Gasteiger partial charge is 0.354 e. The highest BCUT2D eigenvalue weighted by atomic mass is 35.5. The first-order valence-corrected chi connectivity index (χ1v) is 10.9. The van der Waals surface area contributed by atoms with Crippen molar-refractivity contribution < 1.29 is 13.2 Å². The van der Waals surface area contributed by atoms with E-state index in [1.807, 2.05) is 0 Å². The molecule has 0 heterocycles. The maximum Gasteiger partial charge on any atom is 0.240 e. The topological polar surface area (TPSA) is 66.5 Å². The van der Waals surface area contributed by atoms with Crippen molar-refractivity contribution in [2.75, 3.05) is 23.7 Å². The Balaban J connectivity index is 2.83. The standard InChI is InChI=1S/C18H29ClN2O3S/c1-5-7-8-15(6-2)12-20-18(22)13-21(25(4,23)24)17-11-16(19)10-9-14(17)3/h9-11,15H,5-8,12-13H2,1-4H3,(H,20,22). The van der Waals surface area contributed by atoms with Crippen LogP contribution < -0.4 is 9.62 Å². The second-order valence-electron chi connectivity index (χ2n) is 6.42. The number of hydrogen-bond donors (Lipinski definition) is 1. The smallest absolute Gasteiger partial charge is 0.240 e. The van der Waals surface area contributed by atoms with Crippen LogP contribution in [0, 0.1) is 12.8 Å². The molecule has 1 unspecified atom stereocenters. The van der Waals surface area contributed by atoms with E-state index in [1.165, 1.54) is 0 Å². The minimum atomic E-state index is -3.60. The fraction of sp³-hybridized carbons (Fsp3) is 0.611. The van der Waals surface area contributed by atoms with Crippen LogP contribution in [0.5, 0.6) is 0 Å². The molecule has 7 heteroatoms. The van der Waals surface area contributed by atoms with Gasteiger partial charge < -0.3 is 5.32 Å². The molecule has 1 aromatic rings. The van der Waals surface area contributed by atoms with Crippen molar-refractivity contribution in [3.05, 3.63) is 28.8 Å². The van der Waals surface area contributed by atoms with E-state index in [1.54, 1.807) is 25.1 Å². The monoisotopic (exact) mass is 388 g/mol. The van der Waals surface area contributed by atoms with Crippen molar-refractivity contribution >= 4 is 33.2 Å². The van der Waals surface area contributed by atoms with E-state index in [0.29, 0.717) is 23.2 Å². The number of carbonyl (C=O) groups excluding carboxylic acids is 1. The molecule has 0 aliphatic carbocycles. The van der Waals surface area contributed by atoms with Gasteiger partial charge in [-0.3, -0.25) is 9.10 Å². The Morgan fingerprint density at radius 2 is 2.00 bits per heavy atom. The third-order valence-electron chi connectivity index (χ3n) is 4.26. The molecule has 0 aromatic heterocycles. The summed E-state index contributed by atoms with van der Waals surface area (Å²) in [5, 5.41) is 3.30. The second kappa shape index (κ2) is 10.0. The lowest BCUT2D eigenvalue weighted by Crippen LogP contribution is -2.42. The molecule has 1 aromatic carbocycles. The molecule has 25 heavy (non-hydrogen) atoms. The zero-order valence-corrected chi connectivity index (χ0v) is 17.1. The third kappa shape index (κ3) is 7.24. The molecular weight excluding hydrogens is 360 g/mol. The highest BCUT2D eigenvalue weighted by molar-refractivity contribution is 7.92. The summed E-state index contributed by atoms with van der Waals surface area (Å²) in [7, 11) is -3.60. The fourth-order valence-corrected chi connectivity index (χ4v) is 3.69. The maximum absolute atomic E-state index is 12.3. The van der Waals surface area contributed by atoms with Gasteiger partial charge in [-0.05, 0) is 37.0 Å². The van der Waals surface area contributed by atoms with Gasteiger partial charge in [0.15, 0.2) is 0 Å². The highest BCUT2D eigenvalue weighted by Gasteiger charge is 2.23. The lowest BCUT2D eigenvalue weighted by Gasteiger charge is -2.24. The molecular formula is C18H29ClN2O3S. The van der Waals surface area contributed by atoms with E-state index in [4.69, 9.17) is 11.6 Å². The number of nitrogens with one attached hydrogen (secondary N) is 1. The molecule has 0 spiro atoms. The summed E-state index contributed by atoms with van der Waals surface area (Å²) >= 11 is 6.00. The summed E-state index contributed by atoms with van der Waals surface area (Å²) in [6.07, 6.45) is 5.41. The maximum atomic E-state index is 12.3. The SMILES string of the molecule is CCCCC(CC)CNC(=O)CN(c1cc(Cl)ccc1C)S(C)(=O)=O. The third-order valence-corrected chi connectivity index (χ3v) is 5.62. The summed E-state index contributed by atoms with van der Waals surface area (Å²) in [5.74, 6) is 0.114. The zero-order chi connectivity index (χ0) is 19.0. The molecule has 1 atom stereocenters. The number of sulfonamides is 1. The number of unbranched alkanes of at least 4 members (excludes halogenated alkanes) is 1. The van der Waals surface area contributed by atoms with Crippen LogP contribution in [-0.2, 0) is 14.8 Å². The average molecular weight is 389 g/mol. The van der Waals surface area contributed by atoms with E-state index in [2.05, 4.69) is 19.2 Å². The van der Waals surface area contributed by atoms with Gasteiger partial charge in [0, 0.05) is 11.6 Å². The number of carbonyl (C=O) groups is 1. The van der Waals surface area contributed by atoms with Crippen LogP contribution in [0.2, 0.25) is 5.02 Å². The molecule has 0 bridgehead atoms. The first-order chi connectivity index (χ1) is 11.7. The van der Waals surface area contributed by atoms with Gasteiger partial charge in [-0.1, -0.05) is 50.8 Å². The van der Waals surface area contributed by atoms with Crippen molar-refractivity contribution in [2.45, 2.75) is 46.5 Å². The summed E-state index contributed by atoms with van der Waals surface area (Å²) in [5.41, 5.74) is 1.18. The van der Waals surface area contributed by atoms with E-state index in [0.717, 1.165) is 41.8 Å². The first kappa shape index (κ1) is 21.8. The van der Waals surface area contributed by atoms with Crippen molar-refractivity contribution in [1.29, 1.82) is 0 Å². The Morgan fingerprint density at radius 1 is 1.32 bits per heavy atom. The minimum absolute atomic E-state index is 0.246. The number of nitrogens with zero attached hydrogens (tertiary/aromatic N) is 1. The number of benzene rings is 1. The second-order valence-corrected chi connectivity index (χ2v) is 8.76. The van der Waals surface area contributed by atoms with E-state index in [-0.39, 0.29) is 12.5 Å². The Bertz CT molecular complexity index is 677. The summed E-state index contributed by atoms with van der Waals surface area (Å²) in [4.78, 5) is 12.3. The van der Waals surface area contributed by atoms with Crippen molar-refractivity contribution in [3.8, 4) is 0 Å². The van der Waals surface area contributed by atoms with Crippen molar-refractivity contribution in [3.63, 3.8) is 0 Å². The van der Waals surface area contributed by atoms with Crippen LogP contribution in [0.15, 0.2) is 18.2 Å². The lowest BCUT2D eigenvalue weighted by molar-refractivity contribution is -0.119. The molecule has 0 aliphatic heterocycles. The molecule has 0 aliphatic rings. The van der Waals surface area contributed by atoms with Gasteiger partial charge in [0.2, 0.25) is 15.9 Å². The fourth-order valence-electron chi connectivity index (χ4n) is 2.62. The van der Waals surface area contributed by atoms with Crippen LogP contribution in [0.25, 0.3) is 0 Å². The normalized spacial score (nSPS) is 12.7. The van der Waals surface area contributed by atoms with Crippen LogP contribution in [0.3, 0.4) is 0 Å². The molecule has 1 rings (SSSR count). The number of anilines is 1. The number of hydrogen-bond acceptors (Lipinski definition) is 3. The number of halogens is 1. The van der Waals surface area contributed by atoms with Gasteiger partial charge in [0.25, 0.3) is 0 Å². The predicted molar refractivity (Wildman–Crippen MR) is 105 cm³/mol. The summed E-state index contributed by atoms with van der Waals surface area (Å²) < 4.78 is 25.4. The van der Waals surface area contributed by atoms with Gasteiger partial charge in [-0.15, -0.1) is 0 Å². The number of amides is 1. The molecule has 1 N–H and O–H groups in total. The first-order valence-electron chi connectivity index (χ1n) is 8.69. The molecule has 1 amide bonds. The van der Waals surface area contributed by atoms with Crippen LogP contribution >= 0.6 is 11.6 Å². The Kier molecular flexibility index (Phi) is 8.73. The van der Waals surface area contributed by atoms with Gasteiger partial charge >= 0.3 is 0 Å². The van der Waals surface area contributed by atoms with Crippen LogP contribution in [-0.4, -0.2) is 33.7 Å². The van der Waals surface area contributed by atoms with Crippen LogP contribution in [0.4, 0.5) is 5.69 Å². The number of aryl methyl sites for hydroxylation is 1. The van der Waals surface area contributed by atoms with Crippen molar-refractivity contribution in [1.82, 2.24) is 5.32 Å². The molecule has 142 valence electrons. The van der Waals surface area contributed by atoms with Crippen molar-refractivity contribution in [2.24, 2.45) is 5.92 Å². The quantitative estimate of drug-likeness (QED) is 0.663. The van der Waals surface area contributed by atoms with E-state index in [9.17, 15) is 13.2 Å². The summed E-state index contributed by atoms with van der Waals surface area (Å²) in [6, 6.07) is 5.01. The summed E-state index contributed by atoms with van der Waals surface area (Å²) in [6.45, 7) is 6.36. The molecule has 0 saturated carbocycles. The van der Waals surface area contributed by atoms with E-state index >= 15 is 0 Å². The van der Waals surface area contributed by atoms with Gasteiger partial charge in [-0.25, -0.2) is 8.42 Å². The lowest BCUT2D eigenvalue weighted by atomic mass is 9.99. The predicted octanol–water partition coefficient (Wildman–Crippen LogP) is 3.75. The minimum Gasteiger partial charge on any atom is -0.354 e. The molecule has 0 fully saturated rings. The Labute approximate surface area is 156 Å². The average Bonchev–Trinajstić information content (AvgIpc) is 2.54. The molecule has 0 radical (unpaired) electrons. The Morgan fingerprint density at radius 3 is 2.56 bits per heavy atom. The molecule has 0 saturated heterocycles. The highest BCUT2D eigenvalue weighted by Crippen LogP contribution is 2.26. The zero-order valence-electron chi connectivity index (χ0n) is 15.5. The van der Waals surface area contributed by atoms with Gasteiger partial charge in [0.1, 0.15) is 6.54 Å². The van der Waals surface area contributed by atoms with Crippen LogP contribution in [0.1, 0.15) is 45.1 Å². The number of rotatable bonds is 10. The Hall–Kier alpha value is -1.27. The van der Waals surface area contributed by atoms with Gasteiger partial charge in [-0.2, -0.15) is 0 Å². The van der Waals surface area contributed by atoms with Gasteiger partial charge in [0.05, 0.1) is 11.9 Å². The molecule has 5 nitrogen and oxygen atoms in total. The van der Waals surface area contributed by atoms with E-state index < -0.39 is 10.0 Å².